The van der Waals surface area contributed by atoms with Crippen LogP contribution in [0.4, 0.5) is 5.69 Å². The summed E-state index contributed by atoms with van der Waals surface area (Å²) in [6, 6.07) is 21.7. The van der Waals surface area contributed by atoms with Gasteiger partial charge in [-0.3, -0.25) is 0 Å². The lowest BCUT2D eigenvalue weighted by atomic mass is 10.1. The normalized spacial score (nSPS) is 10.7. The Hall–Kier alpha value is -3.47. The van der Waals surface area contributed by atoms with Gasteiger partial charge < -0.3 is 19.2 Å². The first-order chi connectivity index (χ1) is 13.3. The third kappa shape index (κ3) is 3.58. The predicted octanol–water partition coefficient (Wildman–Crippen LogP) is 5.12. The number of rotatable bonds is 6. The molecular formula is C22H20N2O3. The van der Waals surface area contributed by atoms with Gasteiger partial charge in [-0.15, -0.1) is 0 Å². The van der Waals surface area contributed by atoms with Crippen molar-refractivity contribution < 1.29 is 13.9 Å². The van der Waals surface area contributed by atoms with Crippen LogP contribution in [0.5, 0.6) is 11.5 Å². The van der Waals surface area contributed by atoms with Gasteiger partial charge in [-0.1, -0.05) is 24.3 Å². The number of hydrogen-bond acceptors (Lipinski definition) is 5. The lowest BCUT2D eigenvalue weighted by Crippen LogP contribution is -2.00. The molecule has 3 aromatic carbocycles. The fourth-order valence-corrected chi connectivity index (χ4v) is 2.95. The molecule has 0 aliphatic heterocycles. The summed E-state index contributed by atoms with van der Waals surface area (Å²) in [5, 5.41) is 3.43. The van der Waals surface area contributed by atoms with Crippen molar-refractivity contribution in [3.63, 3.8) is 0 Å². The molecule has 0 atom stereocenters. The maximum atomic E-state index is 5.86. The number of oxazole rings is 1. The van der Waals surface area contributed by atoms with E-state index < -0.39 is 0 Å². The summed E-state index contributed by atoms with van der Waals surface area (Å²) in [5.74, 6) is 2.06. The van der Waals surface area contributed by atoms with E-state index in [4.69, 9.17) is 13.9 Å². The van der Waals surface area contributed by atoms with Crippen LogP contribution in [0, 0.1) is 0 Å². The Labute approximate surface area is 157 Å². The third-order valence-electron chi connectivity index (χ3n) is 4.35. The molecule has 4 rings (SSSR count). The molecule has 5 heteroatoms. The van der Waals surface area contributed by atoms with Crippen LogP contribution in [0.2, 0.25) is 0 Å². The number of para-hydroxylation sites is 2. The zero-order valence-corrected chi connectivity index (χ0v) is 15.2. The molecule has 0 radical (unpaired) electrons. The van der Waals surface area contributed by atoms with Crippen molar-refractivity contribution in [1.29, 1.82) is 0 Å². The molecule has 1 N–H and O–H groups in total. The minimum atomic E-state index is 0.617. The van der Waals surface area contributed by atoms with E-state index in [-0.39, 0.29) is 0 Å². The van der Waals surface area contributed by atoms with Crippen molar-refractivity contribution in [3.05, 3.63) is 72.3 Å². The van der Waals surface area contributed by atoms with Crippen LogP contribution in [0.3, 0.4) is 0 Å². The van der Waals surface area contributed by atoms with Gasteiger partial charge in [-0.05, 0) is 48.0 Å². The van der Waals surface area contributed by atoms with Gasteiger partial charge in [-0.2, -0.15) is 0 Å². The van der Waals surface area contributed by atoms with E-state index in [9.17, 15) is 0 Å². The molecule has 0 aliphatic rings. The zero-order chi connectivity index (χ0) is 18.6. The summed E-state index contributed by atoms with van der Waals surface area (Å²) in [6.07, 6.45) is 0. The fourth-order valence-electron chi connectivity index (χ4n) is 2.95. The van der Waals surface area contributed by atoms with Crippen LogP contribution in [0.15, 0.2) is 71.1 Å². The van der Waals surface area contributed by atoms with Crippen molar-refractivity contribution in [2.45, 2.75) is 6.54 Å². The maximum Gasteiger partial charge on any atom is 0.227 e. The Kier molecular flexibility index (Phi) is 4.66. The number of ether oxygens (including phenoxy) is 2. The van der Waals surface area contributed by atoms with Crippen LogP contribution in [0.1, 0.15) is 5.56 Å². The first-order valence-electron chi connectivity index (χ1n) is 8.67. The molecule has 1 aromatic heterocycles. The minimum absolute atomic E-state index is 0.617. The molecule has 0 bridgehead atoms. The first-order valence-corrected chi connectivity index (χ1v) is 8.67. The average Bonchev–Trinajstić information content (AvgIpc) is 3.16. The smallest absolute Gasteiger partial charge is 0.227 e. The van der Waals surface area contributed by atoms with E-state index >= 15 is 0 Å². The van der Waals surface area contributed by atoms with Crippen molar-refractivity contribution in [3.8, 4) is 23.0 Å². The third-order valence-corrected chi connectivity index (χ3v) is 4.35. The summed E-state index contributed by atoms with van der Waals surface area (Å²) < 4.78 is 16.5. The van der Waals surface area contributed by atoms with Gasteiger partial charge >= 0.3 is 0 Å². The minimum Gasteiger partial charge on any atom is -0.493 e. The van der Waals surface area contributed by atoms with Gasteiger partial charge in [0.15, 0.2) is 17.1 Å². The SMILES string of the molecule is COc1ccc(CNc2cccc(-c3nc4ccccc4o3)c2)cc1OC. The van der Waals surface area contributed by atoms with E-state index in [0.29, 0.717) is 12.4 Å². The summed E-state index contributed by atoms with van der Waals surface area (Å²) in [6.45, 7) is 0.664. The second-order valence-electron chi connectivity index (χ2n) is 6.11. The molecule has 4 aromatic rings. The van der Waals surface area contributed by atoms with E-state index in [0.717, 1.165) is 39.4 Å². The van der Waals surface area contributed by atoms with Gasteiger partial charge in [0.1, 0.15) is 5.52 Å². The quantitative estimate of drug-likeness (QED) is 0.517. The molecule has 0 amide bonds. The molecular weight excluding hydrogens is 340 g/mol. The Morgan fingerprint density at radius 2 is 1.74 bits per heavy atom. The van der Waals surface area contributed by atoms with E-state index in [1.807, 2.05) is 66.7 Å². The number of anilines is 1. The van der Waals surface area contributed by atoms with E-state index in [2.05, 4.69) is 10.3 Å². The molecule has 0 aliphatic carbocycles. The Morgan fingerprint density at radius 3 is 2.56 bits per heavy atom. The number of nitrogens with zero attached hydrogens (tertiary/aromatic N) is 1. The molecule has 136 valence electrons. The molecule has 0 spiro atoms. The largest absolute Gasteiger partial charge is 0.493 e. The maximum absolute atomic E-state index is 5.86. The molecule has 0 fully saturated rings. The van der Waals surface area contributed by atoms with Crippen LogP contribution in [0.25, 0.3) is 22.6 Å². The van der Waals surface area contributed by atoms with Crippen molar-refractivity contribution in [2.24, 2.45) is 0 Å². The molecule has 0 saturated carbocycles. The summed E-state index contributed by atoms with van der Waals surface area (Å²) in [4.78, 5) is 4.56. The second-order valence-corrected chi connectivity index (χ2v) is 6.11. The standard InChI is InChI=1S/C22H20N2O3/c1-25-20-11-10-15(12-21(20)26-2)14-23-17-7-5-6-16(13-17)22-24-18-8-3-4-9-19(18)27-22/h3-13,23H,14H2,1-2H3. The number of methoxy groups -OCH3 is 2. The van der Waals surface area contributed by atoms with E-state index in [1.54, 1.807) is 14.2 Å². The highest BCUT2D eigenvalue weighted by atomic mass is 16.5. The summed E-state index contributed by atoms with van der Waals surface area (Å²) in [7, 11) is 3.27. The number of aromatic nitrogens is 1. The van der Waals surface area contributed by atoms with Gasteiger partial charge in [-0.25, -0.2) is 4.98 Å². The molecule has 0 unspecified atom stereocenters. The monoisotopic (exact) mass is 360 g/mol. The van der Waals surface area contributed by atoms with Crippen molar-refractivity contribution in [1.82, 2.24) is 4.98 Å². The van der Waals surface area contributed by atoms with Crippen LogP contribution >= 0.6 is 0 Å². The highest BCUT2D eigenvalue weighted by Gasteiger charge is 2.09. The van der Waals surface area contributed by atoms with E-state index in [1.165, 1.54) is 0 Å². The predicted molar refractivity (Wildman–Crippen MR) is 106 cm³/mol. The molecule has 1 heterocycles. The topological polar surface area (TPSA) is 56.5 Å². The lowest BCUT2D eigenvalue weighted by molar-refractivity contribution is 0.354. The summed E-state index contributed by atoms with van der Waals surface area (Å²) >= 11 is 0. The Bertz CT molecular complexity index is 1040. The van der Waals surface area contributed by atoms with Crippen LogP contribution < -0.4 is 14.8 Å². The number of benzene rings is 3. The highest BCUT2D eigenvalue weighted by molar-refractivity contribution is 5.76. The average molecular weight is 360 g/mol. The van der Waals surface area contributed by atoms with Gasteiger partial charge in [0, 0.05) is 17.8 Å². The van der Waals surface area contributed by atoms with Gasteiger partial charge in [0.25, 0.3) is 0 Å². The highest BCUT2D eigenvalue weighted by Crippen LogP contribution is 2.29. The number of fused-ring (bicyclic) bond motifs is 1. The van der Waals surface area contributed by atoms with Crippen LogP contribution in [-0.4, -0.2) is 19.2 Å². The van der Waals surface area contributed by atoms with Gasteiger partial charge in [0.2, 0.25) is 5.89 Å². The molecule has 27 heavy (non-hydrogen) atoms. The molecule has 5 nitrogen and oxygen atoms in total. The summed E-state index contributed by atoms with van der Waals surface area (Å²) in [5.41, 5.74) is 4.67. The fraction of sp³-hybridized carbons (Fsp3) is 0.136. The Morgan fingerprint density at radius 1 is 0.889 bits per heavy atom. The van der Waals surface area contributed by atoms with Crippen molar-refractivity contribution >= 4 is 16.8 Å². The zero-order valence-electron chi connectivity index (χ0n) is 15.2. The van der Waals surface area contributed by atoms with Crippen LogP contribution in [-0.2, 0) is 6.54 Å². The Balaban J connectivity index is 1.53. The first kappa shape index (κ1) is 17.0. The van der Waals surface area contributed by atoms with Crippen molar-refractivity contribution in [2.75, 3.05) is 19.5 Å². The second kappa shape index (κ2) is 7.41. The number of hydrogen-bond donors (Lipinski definition) is 1. The lowest BCUT2D eigenvalue weighted by Gasteiger charge is -2.11. The number of nitrogens with one attached hydrogen (secondary N) is 1. The molecule has 0 saturated heterocycles. The van der Waals surface area contributed by atoms with Gasteiger partial charge in [0.05, 0.1) is 14.2 Å².